The SMILES string of the molecule is O=C1NC(=O)C(N2CCOC(S)C2)=C1Cc1ccccc1. The van der Waals surface area contributed by atoms with Crippen molar-refractivity contribution in [2.24, 2.45) is 0 Å². The van der Waals surface area contributed by atoms with Crippen LogP contribution in [0.15, 0.2) is 41.6 Å². The molecule has 2 amide bonds. The molecule has 0 radical (unpaired) electrons. The van der Waals surface area contributed by atoms with Gasteiger partial charge in [0, 0.05) is 13.0 Å². The Kier molecular flexibility index (Phi) is 3.98. The van der Waals surface area contributed by atoms with Crippen molar-refractivity contribution in [3.8, 4) is 0 Å². The van der Waals surface area contributed by atoms with Gasteiger partial charge in [0.15, 0.2) is 0 Å². The van der Waals surface area contributed by atoms with E-state index in [-0.39, 0.29) is 17.3 Å². The van der Waals surface area contributed by atoms with E-state index in [0.717, 1.165) is 5.56 Å². The van der Waals surface area contributed by atoms with Crippen LogP contribution in [-0.2, 0) is 20.7 Å². The highest BCUT2D eigenvalue weighted by molar-refractivity contribution is 7.80. The predicted octanol–water partition coefficient (Wildman–Crippen LogP) is 0.728. The highest BCUT2D eigenvalue weighted by Gasteiger charge is 2.35. The summed E-state index contributed by atoms with van der Waals surface area (Å²) in [5.41, 5.74) is 1.75. The molecule has 1 N–H and O–H groups in total. The fraction of sp³-hybridized carbons (Fsp3) is 0.333. The Labute approximate surface area is 128 Å². The van der Waals surface area contributed by atoms with Gasteiger partial charge < -0.3 is 9.64 Å². The number of morpholine rings is 1. The number of rotatable bonds is 3. The molecule has 5 nitrogen and oxygen atoms in total. The van der Waals surface area contributed by atoms with Gasteiger partial charge in [-0.3, -0.25) is 14.9 Å². The smallest absolute Gasteiger partial charge is 0.274 e. The van der Waals surface area contributed by atoms with Crippen LogP contribution in [-0.4, -0.2) is 41.8 Å². The number of thiol groups is 1. The van der Waals surface area contributed by atoms with Gasteiger partial charge in [0.1, 0.15) is 11.1 Å². The molecule has 0 spiro atoms. The van der Waals surface area contributed by atoms with Gasteiger partial charge in [0.05, 0.1) is 18.7 Å². The molecular weight excluding hydrogens is 288 g/mol. The minimum absolute atomic E-state index is 0.243. The second-order valence-corrected chi connectivity index (χ2v) is 5.62. The molecular formula is C15H16N2O3S. The molecule has 21 heavy (non-hydrogen) atoms. The molecule has 110 valence electrons. The summed E-state index contributed by atoms with van der Waals surface area (Å²) >= 11 is 4.29. The maximum Gasteiger partial charge on any atom is 0.274 e. The van der Waals surface area contributed by atoms with Crippen molar-refractivity contribution in [3.05, 3.63) is 47.2 Å². The number of hydrogen-bond acceptors (Lipinski definition) is 5. The molecule has 2 aliphatic heterocycles. The average Bonchev–Trinajstić information content (AvgIpc) is 2.74. The second kappa shape index (κ2) is 5.91. The fourth-order valence-corrected chi connectivity index (χ4v) is 2.92. The maximum absolute atomic E-state index is 12.1. The van der Waals surface area contributed by atoms with Crippen molar-refractivity contribution in [2.45, 2.75) is 11.9 Å². The van der Waals surface area contributed by atoms with Crippen LogP contribution in [0.1, 0.15) is 5.56 Å². The van der Waals surface area contributed by atoms with Gasteiger partial charge in [-0.2, -0.15) is 0 Å². The Balaban J connectivity index is 1.91. The lowest BCUT2D eigenvalue weighted by molar-refractivity contribution is -0.125. The first-order valence-corrected chi connectivity index (χ1v) is 7.34. The zero-order valence-electron chi connectivity index (χ0n) is 11.4. The molecule has 3 rings (SSSR count). The highest BCUT2D eigenvalue weighted by Crippen LogP contribution is 2.23. The van der Waals surface area contributed by atoms with E-state index in [9.17, 15) is 9.59 Å². The van der Waals surface area contributed by atoms with E-state index in [1.165, 1.54) is 0 Å². The number of benzene rings is 1. The average molecular weight is 304 g/mol. The summed E-state index contributed by atoms with van der Waals surface area (Å²) in [5.74, 6) is -0.630. The number of nitrogens with one attached hydrogen (secondary N) is 1. The van der Waals surface area contributed by atoms with Gasteiger partial charge in [-0.25, -0.2) is 0 Å². The van der Waals surface area contributed by atoms with Gasteiger partial charge in [0.2, 0.25) is 0 Å². The quantitative estimate of drug-likeness (QED) is 0.638. The molecule has 6 heteroatoms. The molecule has 1 unspecified atom stereocenters. The van der Waals surface area contributed by atoms with Crippen molar-refractivity contribution >= 4 is 24.4 Å². The summed E-state index contributed by atoms with van der Waals surface area (Å²) in [4.78, 5) is 26.0. The Morgan fingerprint density at radius 2 is 2.00 bits per heavy atom. The molecule has 2 heterocycles. The van der Waals surface area contributed by atoms with Crippen molar-refractivity contribution in [2.75, 3.05) is 19.7 Å². The molecule has 1 atom stereocenters. The van der Waals surface area contributed by atoms with Crippen LogP contribution in [0.4, 0.5) is 0 Å². The third-order valence-electron chi connectivity index (χ3n) is 3.59. The van der Waals surface area contributed by atoms with Crippen molar-refractivity contribution in [3.63, 3.8) is 0 Å². The lowest BCUT2D eigenvalue weighted by Crippen LogP contribution is -2.42. The zero-order valence-corrected chi connectivity index (χ0v) is 12.3. The van der Waals surface area contributed by atoms with E-state index >= 15 is 0 Å². The third kappa shape index (κ3) is 2.96. The van der Waals surface area contributed by atoms with Crippen LogP contribution < -0.4 is 5.32 Å². The minimum Gasteiger partial charge on any atom is -0.364 e. The first kappa shape index (κ1) is 14.2. The largest absolute Gasteiger partial charge is 0.364 e. The lowest BCUT2D eigenvalue weighted by Gasteiger charge is -2.32. The van der Waals surface area contributed by atoms with E-state index in [0.29, 0.717) is 37.4 Å². The van der Waals surface area contributed by atoms with Crippen LogP contribution >= 0.6 is 12.6 Å². The predicted molar refractivity (Wildman–Crippen MR) is 80.6 cm³/mol. The fourth-order valence-electron chi connectivity index (χ4n) is 2.62. The van der Waals surface area contributed by atoms with Crippen molar-refractivity contribution in [1.29, 1.82) is 0 Å². The molecule has 2 aliphatic rings. The van der Waals surface area contributed by atoms with Crippen LogP contribution in [0.3, 0.4) is 0 Å². The van der Waals surface area contributed by atoms with Gasteiger partial charge in [0.25, 0.3) is 11.8 Å². The number of amides is 2. The van der Waals surface area contributed by atoms with Crippen LogP contribution in [0.5, 0.6) is 0 Å². The number of carbonyl (C=O) groups is 2. The summed E-state index contributed by atoms with van der Waals surface area (Å²) in [5, 5.41) is 2.39. The molecule has 1 saturated heterocycles. The third-order valence-corrected chi connectivity index (χ3v) is 3.90. The molecule has 1 aromatic rings. The molecule has 0 aliphatic carbocycles. The summed E-state index contributed by atoms with van der Waals surface area (Å²) in [6, 6.07) is 9.65. The molecule has 0 saturated carbocycles. The second-order valence-electron chi connectivity index (χ2n) is 5.04. The first-order chi connectivity index (χ1) is 10.1. The van der Waals surface area contributed by atoms with E-state index in [1.807, 2.05) is 35.2 Å². The van der Waals surface area contributed by atoms with E-state index < -0.39 is 0 Å². The summed E-state index contributed by atoms with van der Waals surface area (Å²) in [6.45, 7) is 1.58. The van der Waals surface area contributed by atoms with Gasteiger partial charge in [-0.1, -0.05) is 30.3 Å². The van der Waals surface area contributed by atoms with Crippen molar-refractivity contribution < 1.29 is 14.3 Å². The minimum atomic E-state index is -0.326. The van der Waals surface area contributed by atoms with E-state index in [2.05, 4.69) is 17.9 Å². The molecule has 1 aromatic carbocycles. The van der Waals surface area contributed by atoms with E-state index in [1.54, 1.807) is 0 Å². The van der Waals surface area contributed by atoms with Crippen LogP contribution in [0.25, 0.3) is 0 Å². The van der Waals surface area contributed by atoms with Crippen LogP contribution in [0, 0.1) is 0 Å². The Morgan fingerprint density at radius 1 is 1.24 bits per heavy atom. The summed E-state index contributed by atoms with van der Waals surface area (Å²) in [6.07, 6.45) is 0.447. The number of carbonyl (C=O) groups excluding carboxylic acids is 2. The standard InChI is InChI=1S/C15H16N2O3S/c18-14-11(8-10-4-2-1-3-5-10)13(15(19)16-14)17-6-7-20-12(21)9-17/h1-5,12,21H,6-9H2,(H,16,18,19). The Bertz CT molecular complexity index is 600. The normalized spacial score (nSPS) is 22.7. The lowest BCUT2D eigenvalue weighted by atomic mass is 10.0. The Hall–Kier alpha value is -1.79. The Morgan fingerprint density at radius 3 is 2.71 bits per heavy atom. The molecule has 0 aromatic heterocycles. The monoisotopic (exact) mass is 304 g/mol. The summed E-state index contributed by atoms with van der Waals surface area (Å²) in [7, 11) is 0. The summed E-state index contributed by atoms with van der Waals surface area (Å²) < 4.78 is 5.37. The van der Waals surface area contributed by atoms with Crippen LogP contribution in [0.2, 0.25) is 0 Å². The zero-order chi connectivity index (χ0) is 14.8. The maximum atomic E-state index is 12.1. The topological polar surface area (TPSA) is 58.6 Å². The first-order valence-electron chi connectivity index (χ1n) is 6.82. The van der Waals surface area contributed by atoms with Gasteiger partial charge in [-0.05, 0) is 5.56 Å². The van der Waals surface area contributed by atoms with Gasteiger partial charge >= 0.3 is 0 Å². The highest BCUT2D eigenvalue weighted by atomic mass is 32.1. The number of nitrogens with zero attached hydrogens (tertiary/aromatic N) is 1. The molecule has 1 fully saturated rings. The molecule has 0 bridgehead atoms. The van der Waals surface area contributed by atoms with Gasteiger partial charge in [-0.15, -0.1) is 12.6 Å². The number of ether oxygens (including phenoxy) is 1. The van der Waals surface area contributed by atoms with Crippen molar-refractivity contribution in [1.82, 2.24) is 10.2 Å². The number of hydrogen-bond donors (Lipinski definition) is 2. The van der Waals surface area contributed by atoms with E-state index in [4.69, 9.17) is 4.74 Å². The number of imide groups is 1.